The summed E-state index contributed by atoms with van der Waals surface area (Å²) in [6.07, 6.45) is -5.18. The number of phosphoric acid groups is 1. The van der Waals surface area contributed by atoms with Gasteiger partial charge in [0.2, 0.25) is 0 Å². The van der Waals surface area contributed by atoms with Crippen LogP contribution in [-0.2, 0) is 56.7 Å². The summed E-state index contributed by atoms with van der Waals surface area (Å²) in [6, 6.07) is 52.3. The molecule has 6 aromatic carbocycles. The van der Waals surface area contributed by atoms with Crippen LogP contribution < -0.4 is 36.8 Å². The highest BCUT2D eigenvalue weighted by atomic mass is 32.2. The third-order valence-electron chi connectivity index (χ3n) is 17.1. The van der Waals surface area contributed by atoms with Crippen LogP contribution in [0.3, 0.4) is 0 Å². The molecule has 2 unspecified atom stereocenters. The van der Waals surface area contributed by atoms with Gasteiger partial charge in [0.15, 0.2) is 11.5 Å². The molecule has 8 atom stereocenters. The summed E-state index contributed by atoms with van der Waals surface area (Å²) in [7, 11) is -10.1. The minimum atomic E-state index is -5.18. The van der Waals surface area contributed by atoms with Gasteiger partial charge >= 0.3 is 13.5 Å². The van der Waals surface area contributed by atoms with E-state index in [-0.39, 0.29) is 48.6 Å². The van der Waals surface area contributed by atoms with Gasteiger partial charge in [-0.15, -0.1) is 0 Å². The molecule has 0 bridgehead atoms. The lowest BCUT2D eigenvalue weighted by molar-refractivity contribution is -0.102. The highest BCUT2D eigenvalue weighted by Gasteiger charge is 2.56. The number of methoxy groups -OCH3 is 2. The average Bonchev–Trinajstić information content (AvgIpc) is 1.66. The summed E-state index contributed by atoms with van der Waals surface area (Å²) in [4.78, 5) is 42.5. The summed E-state index contributed by atoms with van der Waals surface area (Å²) in [5.41, 5.74) is 7.29. The van der Waals surface area contributed by atoms with Crippen LogP contribution in [0, 0.1) is 25.2 Å². The molecule has 496 valence electrons. The molecule has 3 aromatic heterocycles. The van der Waals surface area contributed by atoms with Gasteiger partial charge in [0, 0.05) is 31.0 Å². The number of nitrogens with one attached hydrogen (secondary N) is 1. The zero-order valence-electron chi connectivity index (χ0n) is 53.6. The minimum absolute atomic E-state index is 0.0561. The van der Waals surface area contributed by atoms with E-state index in [4.69, 9.17) is 51.6 Å². The van der Waals surface area contributed by atoms with Gasteiger partial charge in [0.25, 0.3) is 24.0 Å². The summed E-state index contributed by atoms with van der Waals surface area (Å²) in [5, 5.41) is 11.2. The lowest BCUT2D eigenvalue weighted by Gasteiger charge is -2.45. The summed E-state index contributed by atoms with van der Waals surface area (Å²) < 4.78 is 114. The maximum Gasteiger partial charge on any atom is 0.475 e. The lowest BCUT2D eigenvalue weighted by atomic mass is 9.80. The molecular weight excluding hydrogens is 1270 g/mol. The molecule has 95 heavy (non-hydrogen) atoms. The number of aromatic amines is 1. The Balaban J connectivity index is 1.04. The molecule has 2 saturated heterocycles. The van der Waals surface area contributed by atoms with Crippen molar-refractivity contribution in [3.05, 3.63) is 231 Å². The first-order valence-electron chi connectivity index (χ1n) is 31.0. The zero-order chi connectivity index (χ0) is 67.1. The van der Waals surface area contributed by atoms with E-state index >= 15 is 4.57 Å². The number of nitrogens with zero attached hydrogens (tertiary/aromatic N) is 6. The predicted octanol–water partition coefficient (Wildman–Crippen LogP) is 9.73. The van der Waals surface area contributed by atoms with Crippen LogP contribution >= 0.6 is 7.82 Å². The minimum Gasteiger partial charge on any atom is -0.497 e. The fourth-order valence-corrected chi connectivity index (χ4v) is 19.7. The number of rotatable bonds is 27. The van der Waals surface area contributed by atoms with Crippen molar-refractivity contribution in [3.8, 4) is 17.6 Å². The van der Waals surface area contributed by atoms with Crippen LogP contribution in [-0.4, -0.2) is 110 Å². The number of hydrogen-bond acceptors (Lipinski definition) is 20. The van der Waals surface area contributed by atoms with Gasteiger partial charge in [0.1, 0.15) is 65.8 Å². The monoisotopic (exact) mass is 1350 g/mol. The molecule has 0 amide bonds. The molecular formula is C69H75N8O15PSSi. The quantitative estimate of drug-likeness (QED) is 0.0159. The van der Waals surface area contributed by atoms with Gasteiger partial charge in [-0.3, -0.25) is 36.7 Å². The van der Waals surface area contributed by atoms with Gasteiger partial charge in [-0.2, -0.15) is 13.7 Å². The maximum absolute atomic E-state index is 16.6. The third kappa shape index (κ3) is 14.4. The SMILES string of the molecule is COc1ccc(C(OC[C@H]2O[C@@H](n3cnc4c(N)ncnc43)C[C@@H]2OP(=O)(OCCC#N)OC(CCOS(=O)(=O)c2ccc(C)cc2)[C@H]2O[C@@H](n3cc(C)c(=O)[nH]c3=O)C[C@@H]2O[Si](c2ccccc2)(c2ccccc2)C(C)(C)C)(c2ccccc2)c2ccc(OC)cc2)cc1. The van der Waals surface area contributed by atoms with E-state index < -0.39 is 104 Å². The van der Waals surface area contributed by atoms with Crippen molar-refractivity contribution < 1.29 is 58.8 Å². The number of aromatic nitrogens is 6. The molecule has 2 fully saturated rings. The molecule has 9 aromatic rings. The van der Waals surface area contributed by atoms with Gasteiger partial charge in [-0.05, 0) is 82.3 Å². The Morgan fingerprint density at radius 2 is 1.33 bits per heavy atom. The van der Waals surface area contributed by atoms with E-state index in [0.717, 1.165) is 21.5 Å². The molecule has 2 aliphatic rings. The number of phosphoric ester groups is 1. The van der Waals surface area contributed by atoms with Crippen LogP contribution in [0.2, 0.25) is 5.04 Å². The number of aryl methyl sites for hydroxylation is 2. The number of nitrogen functional groups attached to an aromatic ring is 1. The van der Waals surface area contributed by atoms with Gasteiger partial charge < -0.3 is 33.8 Å². The van der Waals surface area contributed by atoms with Crippen LogP contribution in [0.4, 0.5) is 5.82 Å². The average molecular weight is 1350 g/mol. The predicted molar refractivity (Wildman–Crippen MR) is 356 cm³/mol. The molecule has 11 rings (SSSR count). The van der Waals surface area contributed by atoms with Crippen molar-refractivity contribution in [2.75, 3.05) is 39.8 Å². The van der Waals surface area contributed by atoms with Crippen LogP contribution in [0.1, 0.15) is 86.7 Å². The van der Waals surface area contributed by atoms with E-state index in [0.29, 0.717) is 33.8 Å². The first kappa shape index (κ1) is 67.9. The standard InChI is InChI=1S/C69H75N8O15PSSi/c1-46-24-34-53(35-25-46)94(81,82)87-39-36-56(63-58(41-60(89-63)76-42-47(2)66(78)75-67(76)79)92-95(68(3,4)5,54-20-13-9-14-21-54)55-22-15-10-16-23-55)90-93(80,86-38-17-37-70)91-57-40-61(77-45-74-62-64(71)72-44-73-65(62)77)88-59(57)43-85-69(48-18-11-8-12-19-48,49-26-30-51(83-6)31-27-49)50-28-32-52(84-7)33-29-50/h8-16,18-35,42,44-45,56-61,63H,17,36,38-41,43H2,1-7H3,(H2,71,72,73)(H,75,78,79)/t56?,57-,58-,59+,60+,61+,63+,93?/m0/s1. The summed E-state index contributed by atoms with van der Waals surface area (Å²) in [6.45, 7) is 8.29. The number of ether oxygens (including phenoxy) is 5. The van der Waals surface area contributed by atoms with Crippen molar-refractivity contribution >= 4 is 53.6 Å². The molecule has 0 spiro atoms. The number of hydrogen-bond donors (Lipinski definition) is 2. The topological polar surface area (TPSA) is 292 Å². The molecule has 23 nitrogen and oxygen atoms in total. The molecule has 5 heterocycles. The molecule has 0 aliphatic carbocycles. The fraction of sp³-hybridized carbons (Fsp3) is 0.333. The van der Waals surface area contributed by atoms with Crippen LogP contribution in [0.15, 0.2) is 197 Å². The second-order valence-corrected chi connectivity index (χ2v) is 31.6. The fourth-order valence-electron chi connectivity index (χ4n) is 12.4. The molecule has 0 radical (unpaired) electrons. The Bertz CT molecular complexity index is 4340. The van der Waals surface area contributed by atoms with Crippen LogP contribution in [0.25, 0.3) is 11.2 Å². The number of anilines is 1. The number of nitriles is 1. The maximum atomic E-state index is 16.6. The number of H-pyrrole nitrogens is 1. The van der Waals surface area contributed by atoms with Crippen molar-refractivity contribution in [2.45, 2.75) is 119 Å². The highest BCUT2D eigenvalue weighted by Crippen LogP contribution is 2.57. The Morgan fingerprint density at radius 1 is 0.747 bits per heavy atom. The zero-order valence-corrected chi connectivity index (χ0v) is 56.3. The Morgan fingerprint density at radius 3 is 1.92 bits per heavy atom. The second-order valence-electron chi connectivity index (χ2n) is 24.2. The third-order valence-corrected chi connectivity index (χ3v) is 25.1. The Labute approximate surface area is 551 Å². The number of nitrogens with two attached hydrogens (primary N) is 1. The van der Waals surface area contributed by atoms with Crippen LogP contribution in [0.5, 0.6) is 11.5 Å². The van der Waals surface area contributed by atoms with E-state index in [1.165, 1.54) is 35.6 Å². The number of imidazole rings is 1. The van der Waals surface area contributed by atoms with Gasteiger partial charge in [-0.1, -0.05) is 154 Å². The normalized spacial score (nSPS) is 19.5. The molecule has 3 N–H and O–H groups in total. The van der Waals surface area contributed by atoms with E-state index in [1.54, 1.807) is 37.8 Å². The smallest absolute Gasteiger partial charge is 0.475 e. The Kier molecular flexibility index (Phi) is 20.6. The first-order chi connectivity index (χ1) is 45.7. The van der Waals surface area contributed by atoms with E-state index in [9.17, 15) is 23.3 Å². The number of benzene rings is 6. The van der Waals surface area contributed by atoms with Gasteiger partial charge in [-0.25, -0.2) is 24.3 Å². The van der Waals surface area contributed by atoms with Crippen molar-refractivity contribution in [3.63, 3.8) is 0 Å². The first-order valence-corrected chi connectivity index (χ1v) is 35.7. The van der Waals surface area contributed by atoms with E-state index in [1.807, 2.05) is 153 Å². The largest absolute Gasteiger partial charge is 0.497 e. The Hall–Kier alpha value is -8.48. The number of fused-ring (bicyclic) bond motifs is 1. The lowest BCUT2D eigenvalue weighted by Crippen LogP contribution is -2.68. The molecule has 26 heteroatoms. The highest BCUT2D eigenvalue weighted by molar-refractivity contribution is 7.86. The van der Waals surface area contributed by atoms with Crippen molar-refractivity contribution in [2.24, 2.45) is 0 Å². The molecule has 2 aliphatic heterocycles. The van der Waals surface area contributed by atoms with Crippen molar-refractivity contribution in [1.82, 2.24) is 29.1 Å². The van der Waals surface area contributed by atoms with Gasteiger partial charge in [0.05, 0.1) is 63.9 Å². The second kappa shape index (κ2) is 28.8. The van der Waals surface area contributed by atoms with E-state index in [2.05, 4.69) is 40.7 Å². The molecule has 0 saturated carbocycles. The summed E-state index contributed by atoms with van der Waals surface area (Å²) in [5.74, 6) is 1.32. The van der Waals surface area contributed by atoms with Crippen molar-refractivity contribution in [1.29, 1.82) is 5.26 Å². The summed E-state index contributed by atoms with van der Waals surface area (Å²) >= 11 is 0.